The van der Waals surface area contributed by atoms with Crippen molar-refractivity contribution in [3.05, 3.63) is 23.2 Å². The van der Waals surface area contributed by atoms with Gasteiger partial charge in [-0.3, -0.25) is 4.21 Å². The van der Waals surface area contributed by atoms with Crippen molar-refractivity contribution < 1.29 is 4.21 Å². The summed E-state index contributed by atoms with van der Waals surface area (Å²) in [5, 5.41) is 0.682. The Bertz CT molecular complexity index is 354. The standard InChI is InChI=1S/C10H14ClNOS/c1-3-7(2)14(13)10-6-8(11)4-5-9(10)12/h4-7H,3,12H2,1-2H3. The zero-order chi connectivity index (χ0) is 10.7. The number of hydrogen-bond donors (Lipinski definition) is 1. The molecule has 1 rings (SSSR count). The molecule has 0 radical (unpaired) electrons. The fourth-order valence-corrected chi connectivity index (χ4v) is 2.57. The van der Waals surface area contributed by atoms with Gasteiger partial charge in [0.15, 0.2) is 0 Å². The van der Waals surface area contributed by atoms with E-state index in [1.165, 1.54) is 0 Å². The minimum atomic E-state index is -1.06. The van der Waals surface area contributed by atoms with Gasteiger partial charge < -0.3 is 5.73 Å². The SMILES string of the molecule is CCC(C)S(=O)c1cc(Cl)ccc1N. The van der Waals surface area contributed by atoms with Gasteiger partial charge in [-0.2, -0.15) is 0 Å². The Morgan fingerprint density at radius 2 is 2.21 bits per heavy atom. The van der Waals surface area contributed by atoms with Crippen LogP contribution < -0.4 is 5.73 Å². The Hall–Kier alpha value is -0.540. The monoisotopic (exact) mass is 231 g/mol. The molecule has 0 aliphatic carbocycles. The summed E-state index contributed by atoms with van der Waals surface area (Å²) in [7, 11) is -1.06. The Balaban J connectivity index is 3.06. The van der Waals surface area contributed by atoms with Crippen LogP contribution >= 0.6 is 11.6 Å². The smallest absolute Gasteiger partial charge is 0.0634 e. The molecule has 0 amide bonds. The molecule has 0 aliphatic rings. The van der Waals surface area contributed by atoms with Gasteiger partial charge in [-0.25, -0.2) is 0 Å². The number of halogens is 1. The Morgan fingerprint density at radius 1 is 1.57 bits per heavy atom. The first-order valence-corrected chi connectivity index (χ1v) is 6.11. The third-order valence-electron chi connectivity index (χ3n) is 2.13. The van der Waals surface area contributed by atoms with Crippen molar-refractivity contribution in [2.24, 2.45) is 0 Å². The Morgan fingerprint density at radius 3 is 2.79 bits per heavy atom. The molecule has 1 aromatic rings. The van der Waals surface area contributed by atoms with Crippen LogP contribution in [0.15, 0.2) is 23.1 Å². The molecule has 0 bridgehead atoms. The second kappa shape index (κ2) is 4.80. The summed E-state index contributed by atoms with van der Waals surface area (Å²) in [6.07, 6.45) is 0.860. The molecule has 2 atom stereocenters. The van der Waals surface area contributed by atoms with E-state index < -0.39 is 10.8 Å². The largest absolute Gasteiger partial charge is 0.398 e. The van der Waals surface area contributed by atoms with E-state index in [-0.39, 0.29) is 5.25 Å². The molecule has 2 N–H and O–H groups in total. The lowest BCUT2D eigenvalue weighted by Gasteiger charge is -2.10. The highest BCUT2D eigenvalue weighted by molar-refractivity contribution is 7.85. The molecule has 0 heterocycles. The van der Waals surface area contributed by atoms with Crippen molar-refractivity contribution in [3.63, 3.8) is 0 Å². The molecule has 0 aliphatic heterocycles. The van der Waals surface area contributed by atoms with Gasteiger partial charge in [0.2, 0.25) is 0 Å². The normalized spacial score (nSPS) is 15.1. The predicted molar refractivity (Wildman–Crippen MR) is 62.0 cm³/mol. The van der Waals surface area contributed by atoms with E-state index in [2.05, 4.69) is 0 Å². The quantitative estimate of drug-likeness (QED) is 0.813. The van der Waals surface area contributed by atoms with Gasteiger partial charge in [0.05, 0.1) is 15.7 Å². The lowest BCUT2D eigenvalue weighted by Crippen LogP contribution is -2.11. The molecule has 14 heavy (non-hydrogen) atoms. The fraction of sp³-hybridized carbons (Fsp3) is 0.400. The van der Waals surface area contributed by atoms with Crippen LogP contribution in [0.2, 0.25) is 5.02 Å². The average Bonchev–Trinajstić information content (AvgIpc) is 2.19. The zero-order valence-corrected chi connectivity index (χ0v) is 9.86. The van der Waals surface area contributed by atoms with Crippen molar-refractivity contribution in [2.75, 3.05) is 5.73 Å². The van der Waals surface area contributed by atoms with Crippen LogP contribution in [-0.4, -0.2) is 9.46 Å². The highest BCUT2D eigenvalue weighted by Gasteiger charge is 2.14. The van der Waals surface area contributed by atoms with Gasteiger partial charge in [0, 0.05) is 16.0 Å². The molecule has 0 fully saturated rings. The average molecular weight is 232 g/mol. The van der Waals surface area contributed by atoms with E-state index in [0.717, 1.165) is 6.42 Å². The number of anilines is 1. The van der Waals surface area contributed by atoms with E-state index in [0.29, 0.717) is 15.6 Å². The first kappa shape index (κ1) is 11.5. The Kier molecular flexibility index (Phi) is 3.96. The predicted octanol–water partition coefficient (Wildman–Crippen LogP) is 2.83. The summed E-state index contributed by atoms with van der Waals surface area (Å²) in [6.45, 7) is 3.94. The van der Waals surface area contributed by atoms with Crippen LogP contribution in [0.3, 0.4) is 0 Å². The van der Waals surface area contributed by atoms with Crippen molar-refractivity contribution in [1.82, 2.24) is 0 Å². The molecule has 0 spiro atoms. The highest BCUT2D eigenvalue weighted by Crippen LogP contribution is 2.23. The molecule has 4 heteroatoms. The summed E-state index contributed by atoms with van der Waals surface area (Å²) < 4.78 is 11.9. The van der Waals surface area contributed by atoms with E-state index in [1.807, 2.05) is 13.8 Å². The van der Waals surface area contributed by atoms with Gasteiger partial charge in [0.25, 0.3) is 0 Å². The van der Waals surface area contributed by atoms with E-state index in [9.17, 15) is 4.21 Å². The first-order valence-electron chi connectivity index (χ1n) is 4.51. The van der Waals surface area contributed by atoms with Crippen LogP contribution in [-0.2, 0) is 10.8 Å². The minimum absolute atomic E-state index is 0.107. The van der Waals surface area contributed by atoms with Crippen molar-refractivity contribution in [2.45, 2.75) is 30.4 Å². The second-order valence-corrected chi connectivity index (χ2v) is 5.47. The molecular weight excluding hydrogens is 218 g/mol. The number of benzene rings is 1. The lowest BCUT2D eigenvalue weighted by molar-refractivity contribution is 0.670. The molecule has 78 valence electrons. The molecule has 2 nitrogen and oxygen atoms in total. The molecule has 2 unspecified atom stereocenters. The summed E-state index contributed by atoms with van der Waals surface area (Å²) in [6, 6.07) is 5.07. The number of hydrogen-bond acceptors (Lipinski definition) is 2. The number of nitrogen functional groups attached to an aromatic ring is 1. The summed E-state index contributed by atoms with van der Waals surface area (Å²) >= 11 is 5.82. The maximum Gasteiger partial charge on any atom is 0.0634 e. The lowest BCUT2D eigenvalue weighted by atomic mass is 10.3. The summed E-state index contributed by atoms with van der Waals surface area (Å²) in [5.41, 5.74) is 6.28. The summed E-state index contributed by atoms with van der Waals surface area (Å²) in [5.74, 6) is 0. The molecule has 1 aromatic carbocycles. The second-order valence-electron chi connectivity index (χ2n) is 3.20. The van der Waals surface area contributed by atoms with Gasteiger partial charge >= 0.3 is 0 Å². The van der Waals surface area contributed by atoms with E-state index in [4.69, 9.17) is 17.3 Å². The molecule has 0 saturated carbocycles. The van der Waals surface area contributed by atoms with Crippen LogP contribution in [0.25, 0.3) is 0 Å². The van der Waals surface area contributed by atoms with E-state index >= 15 is 0 Å². The maximum atomic E-state index is 11.9. The van der Waals surface area contributed by atoms with Crippen molar-refractivity contribution in [1.29, 1.82) is 0 Å². The maximum absolute atomic E-state index is 11.9. The fourth-order valence-electron chi connectivity index (χ4n) is 1.05. The number of rotatable bonds is 3. The molecule has 0 aromatic heterocycles. The van der Waals surface area contributed by atoms with Gasteiger partial charge in [-0.1, -0.05) is 25.4 Å². The van der Waals surface area contributed by atoms with Crippen molar-refractivity contribution in [3.8, 4) is 0 Å². The van der Waals surface area contributed by atoms with Crippen LogP contribution in [0.1, 0.15) is 20.3 Å². The van der Waals surface area contributed by atoms with E-state index in [1.54, 1.807) is 18.2 Å². The van der Waals surface area contributed by atoms with Gasteiger partial charge in [-0.05, 0) is 24.6 Å². The first-order chi connectivity index (χ1) is 6.56. The Labute approximate surface area is 91.9 Å². The third kappa shape index (κ3) is 2.49. The van der Waals surface area contributed by atoms with Crippen LogP contribution in [0.4, 0.5) is 5.69 Å². The highest BCUT2D eigenvalue weighted by atomic mass is 35.5. The molecular formula is C10H14ClNOS. The zero-order valence-electron chi connectivity index (χ0n) is 8.29. The minimum Gasteiger partial charge on any atom is -0.398 e. The van der Waals surface area contributed by atoms with Gasteiger partial charge in [0.1, 0.15) is 0 Å². The topological polar surface area (TPSA) is 43.1 Å². The van der Waals surface area contributed by atoms with Crippen molar-refractivity contribution >= 4 is 28.1 Å². The van der Waals surface area contributed by atoms with Crippen LogP contribution in [0.5, 0.6) is 0 Å². The third-order valence-corrected chi connectivity index (χ3v) is 4.22. The van der Waals surface area contributed by atoms with Crippen LogP contribution in [0, 0.1) is 0 Å². The summed E-state index contributed by atoms with van der Waals surface area (Å²) in [4.78, 5) is 0.645. The number of nitrogens with two attached hydrogens (primary N) is 1. The molecule has 0 saturated heterocycles. The van der Waals surface area contributed by atoms with Gasteiger partial charge in [-0.15, -0.1) is 0 Å².